The molecular formula is C16H22FNO2. The van der Waals surface area contributed by atoms with Crippen LogP contribution in [0.2, 0.25) is 0 Å². The van der Waals surface area contributed by atoms with Crippen molar-refractivity contribution in [2.75, 3.05) is 13.2 Å². The molecule has 1 saturated heterocycles. The van der Waals surface area contributed by atoms with Crippen LogP contribution in [0, 0.1) is 5.82 Å². The van der Waals surface area contributed by atoms with Crippen LogP contribution >= 0.6 is 0 Å². The maximum absolute atomic E-state index is 13.9. The smallest absolute Gasteiger partial charge is 0.165 e. The lowest BCUT2D eigenvalue weighted by molar-refractivity contribution is 0.0895. The molecule has 3 nitrogen and oxygen atoms in total. The molecule has 0 radical (unpaired) electrons. The summed E-state index contributed by atoms with van der Waals surface area (Å²) in [5.74, 6) is 0.131. The molecule has 1 atom stereocenters. The Balaban J connectivity index is 1.54. The van der Waals surface area contributed by atoms with E-state index in [9.17, 15) is 4.39 Å². The lowest BCUT2D eigenvalue weighted by Crippen LogP contribution is -2.17. The Morgan fingerprint density at radius 3 is 2.95 bits per heavy atom. The van der Waals surface area contributed by atoms with Crippen LogP contribution in [0.3, 0.4) is 0 Å². The molecular weight excluding hydrogens is 257 g/mol. The molecule has 3 rings (SSSR count). The first-order valence-electron chi connectivity index (χ1n) is 7.58. The van der Waals surface area contributed by atoms with Crippen molar-refractivity contribution in [2.24, 2.45) is 0 Å². The highest BCUT2D eigenvalue weighted by atomic mass is 19.1. The van der Waals surface area contributed by atoms with Gasteiger partial charge < -0.3 is 14.8 Å². The molecule has 110 valence electrons. The van der Waals surface area contributed by atoms with E-state index in [-0.39, 0.29) is 11.9 Å². The molecule has 1 aromatic carbocycles. The molecule has 1 N–H and O–H groups in total. The Kier molecular flexibility index (Phi) is 4.53. The third kappa shape index (κ3) is 3.70. The zero-order chi connectivity index (χ0) is 13.8. The summed E-state index contributed by atoms with van der Waals surface area (Å²) in [5.41, 5.74) is 0.907. The first-order chi connectivity index (χ1) is 9.83. The summed E-state index contributed by atoms with van der Waals surface area (Å²) in [4.78, 5) is 0. The van der Waals surface area contributed by atoms with E-state index >= 15 is 0 Å². The molecule has 0 amide bonds. The molecule has 1 aliphatic carbocycles. The monoisotopic (exact) mass is 279 g/mol. The molecule has 2 fully saturated rings. The first-order valence-corrected chi connectivity index (χ1v) is 7.58. The molecule has 0 aromatic heterocycles. The maximum Gasteiger partial charge on any atom is 0.165 e. The molecule has 0 bridgehead atoms. The van der Waals surface area contributed by atoms with Gasteiger partial charge in [0.05, 0.1) is 12.7 Å². The second-order valence-electron chi connectivity index (χ2n) is 5.66. The summed E-state index contributed by atoms with van der Waals surface area (Å²) in [6.45, 7) is 2.04. The van der Waals surface area contributed by atoms with E-state index in [1.54, 1.807) is 6.07 Å². The fourth-order valence-electron chi connectivity index (χ4n) is 2.56. The highest BCUT2D eigenvalue weighted by Crippen LogP contribution is 2.26. The predicted molar refractivity (Wildman–Crippen MR) is 75.3 cm³/mol. The highest BCUT2D eigenvalue weighted by Gasteiger charge is 2.21. The Morgan fingerprint density at radius 2 is 2.20 bits per heavy atom. The van der Waals surface area contributed by atoms with Crippen molar-refractivity contribution in [3.05, 3.63) is 29.6 Å². The molecule has 2 aliphatic rings. The molecule has 20 heavy (non-hydrogen) atoms. The summed E-state index contributed by atoms with van der Waals surface area (Å²) in [7, 11) is 0. The number of hydrogen-bond acceptors (Lipinski definition) is 3. The summed E-state index contributed by atoms with van der Waals surface area (Å²) < 4.78 is 25.1. The van der Waals surface area contributed by atoms with Gasteiger partial charge in [0.25, 0.3) is 0 Å². The summed E-state index contributed by atoms with van der Waals surface area (Å²) in [6, 6.07) is 5.74. The van der Waals surface area contributed by atoms with Crippen LogP contribution in [0.25, 0.3) is 0 Å². The highest BCUT2D eigenvalue weighted by molar-refractivity contribution is 5.35. The number of benzene rings is 1. The van der Waals surface area contributed by atoms with E-state index in [0.717, 1.165) is 31.4 Å². The van der Waals surface area contributed by atoms with Crippen molar-refractivity contribution in [3.8, 4) is 5.75 Å². The average molecular weight is 279 g/mol. The Morgan fingerprint density at radius 1 is 1.30 bits per heavy atom. The molecule has 1 aliphatic heterocycles. The SMILES string of the molecule is Fc1cccc(CNC2CC2)c1OCCC1CCCO1. The molecule has 1 heterocycles. The van der Waals surface area contributed by atoms with Crippen LogP contribution in [0.15, 0.2) is 18.2 Å². The van der Waals surface area contributed by atoms with Gasteiger partial charge in [0.1, 0.15) is 0 Å². The second kappa shape index (κ2) is 6.55. The van der Waals surface area contributed by atoms with Gasteiger partial charge in [-0.2, -0.15) is 0 Å². The van der Waals surface area contributed by atoms with Crippen molar-refractivity contribution in [1.29, 1.82) is 0 Å². The number of hydrogen-bond donors (Lipinski definition) is 1. The summed E-state index contributed by atoms with van der Waals surface area (Å²) in [5, 5.41) is 3.40. The van der Waals surface area contributed by atoms with Crippen molar-refractivity contribution in [3.63, 3.8) is 0 Å². The largest absolute Gasteiger partial charge is 0.490 e. The standard InChI is InChI=1S/C16H22FNO2/c17-15-5-1-3-12(11-18-13-6-7-13)16(15)20-10-8-14-4-2-9-19-14/h1,3,5,13-14,18H,2,4,6-11H2. The fourth-order valence-corrected chi connectivity index (χ4v) is 2.56. The average Bonchev–Trinajstić information content (AvgIpc) is 3.14. The van der Waals surface area contributed by atoms with Crippen LogP contribution in [0.4, 0.5) is 4.39 Å². The van der Waals surface area contributed by atoms with Crippen LogP contribution in [-0.2, 0) is 11.3 Å². The van der Waals surface area contributed by atoms with Crippen molar-refractivity contribution in [1.82, 2.24) is 5.32 Å². The van der Waals surface area contributed by atoms with Crippen molar-refractivity contribution >= 4 is 0 Å². The van der Waals surface area contributed by atoms with Gasteiger partial charge in [0.15, 0.2) is 11.6 Å². The predicted octanol–water partition coefficient (Wildman–Crippen LogP) is 3.03. The molecule has 4 heteroatoms. The van der Waals surface area contributed by atoms with Crippen molar-refractivity contribution < 1.29 is 13.9 Å². The van der Waals surface area contributed by atoms with E-state index in [4.69, 9.17) is 9.47 Å². The van der Waals surface area contributed by atoms with E-state index < -0.39 is 0 Å². The number of para-hydroxylation sites is 1. The van der Waals surface area contributed by atoms with Gasteiger partial charge in [-0.15, -0.1) is 0 Å². The van der Waals surface area contributed by atoms with E-state index in [1.807, 2.05) is 6.07 Å². The number of nitrogens with one attached hydrogen (secondary N) is 1. The number of halogens is 1. The first kappa shape index (κ1) is 13.8. The quantitative estimate of drug-likeness (QED) is 0.832. The van der Waals surface area contributed by atoms with Gasteiger partial charge in [0.2, 0.25) is 0 Å². The Labute approximate surface area is 119 Å². The normalized spacial score (nSPS) is 22.1. The second-order valence-corrected chi connectivity index (χ2v) is 5.66. The minimum Gasteiger partial charge on any atom is -0.490 e. The van der Waals surface area contributed by atoms with E-state index in [2.05, 4.69) is 5.32 Å². The van der Waals surface area contributed by atoms with E-state index in [0.29, 0.717) is 24.9 Å². The number of rotatable bonds is 7. The van der Waals surface area contributed by atoms with Gasteiger partial charge in [-0.1, -0.05) is 12.1 Å². The minimum atomic E-state index is -0.271. The molecule has 1 saturated carbocycles. The van der Waals surface area contributed by atoms with Gasteiger partial charge in [-0.25, -0.2) is 4.39 Å². The Bertz CT molecular complexity index is 442. The third-order valence-corrected chi connectivity index (χ3v) is 3.92. The van der Waals surface area contributed by atoms with Gasteiger partial charge in [-0.05, 0) is 31.7 Å². The third-order valence-electron chi connectivity index (χ3n) is 3.92. The van der Waals surface area contributed by atoms with Gasteiger partial charge in [-0.3, -0.25) is 0 Å². The lowest BCUT2D eigenvalue weighted by Gasteiger charge is -2.14. The lowest BCUT2D eigenvalue weighted by atomic mass is 10.1. The van der Waals surface area contributed by atoms with E-state index in [1.165, 1.54) is 18.9 Å². The molecule has 1 unspecified atom stereocenters. The number of ether oxygens (including phenoxy) is 2. The summed E-state index contributed by atoms with van der Waals surface area (Å²) >= 11 is 0. The van der Waals surface area contributed by atoms with Crippen LogP contribution < -0.4 is 10.1 Å². The zero-order valence-corrected chi connectivity index (χ0v) is 11.7. The molecule has 1 aromatic rings. The fraction of sp³-hybridized carbons (Fsp3) is 0.625. The topological polar surface area (TPSA) is 30.5 Å². The Hall–Kier alpha value is -1.13. The van der Waals surface area contributed by atoms with Crippen LogP contribution in [0.1, 0.15) is 37.7 Å². The van der Waals surface area contributed by atoms with Gasteiger partial charge >= 0.3 is 0 Å². The van der Waals surface area contributed by atoms with Crippen LogP contribution in [0.5, 0.6) is 5.75 Å². The molecule has 0 spiro atoms. The maximum atomic E-state index is 13.9. The minimum absolute atomic E-state index is 0.271. The van der Waals surface area contributed by atoms with Crippen molar-refractivity contribution in [2.45, 2.75) is 50.8 Å². The summed E-state index contributed by atoms with van der Waals surface area (Å²) in [6.07, 6.45) is 5.80. The zero-order valence-electron chi connectivity index (χ0n) is 11.7. The van der Waals surface area contributed by atoms with Gasteiger partial charge in [0, 0.05) is 31.2 Å². The van der Waals surface area contributed by atoms with Crippen LogP contribution in [-0.4, -0.2) is 25.4 Å².